The Morgan fingerprint density at radius 1 is 0.854 bits per heavy atom. The first-order chi connectivity index (χ1) is 22.7. The van der Waals surface area contributed by atoms with Gasteiger partial charge in [0.25, 0.3) is 10.0 Å². The zero-order valence-corrected chi connectivity index (χ0v) is 30.1. The number of halogens is 2. The molecule has 0 heterocycles. The molecule has 0 saturated carbocycles. The van der Waals surface area contributed by atoms with Gasteiger partial charge in [-0.1, -0.05) is 77.3 Å². The van der Waals surface area contributed by atoms with E-state index in [0.29, 0.717) is 28.0 Å². The molecular weight excluding hydrogens is 669 g/mol. The summed E-state index contributed by atoms with van der Waals surface area (Å²) in [5, 5.41) is 3.65. The fourth-order valence-corrected chi connectivity index (χ4v) is 6.82. The molecule has 0 saturated heterocycles. The van der Waals surface area contributed by atoms with Crippen molar-refractivity contribution < 1.29 is 22.7 Å². The molecule has 0 aromatic heterocycles. The Morgan fingerprint density at radius 2 is 1.50 bits per heavy atom. The number of sulfonamides is 1. The first kappa shape index (κ1) is 36.8. The molecule has 48 heavy (non-hydrogen) atoms. The molecule has 254 valence electrons. The minimum atomic E-state index is -4.24. The van der Waals surface area contributed by atoms with Gasteiger partial charge in [0.2, 0.25) is 11.8 Å². The van der Waals surface area contributed by atoms with Crippen LogP contribution in [0.15, 0.2) is 102 Å². The molecule has 2 amide bonds. The van der Waals surface area contributed by atoms with Crippen LogP contribution in [-0.2, 0) is 32.6 Å². The van der Waals surface area contributed by atoms with Crippen molar-refractivity contribution in [3.63, 3.8) is 0 Å². The first-order valence-corrected chi connectivity index (χ1v) is 17.8. The number of amides is 2. The molecule has 0 aliphatic heterocycles. The van der Waals surface area contributed by atoms with Crippen molar-refractivity contribution in [3.05, 3.63) is 124 Å². The van der Waals surface area contributed by atoms with Crippen molar-refractivity contribution in [3.8, 4) is 5.75 Å². The van der Waals surface area contributed by atoms with Crippen LogP contribution in [-0.4, -0.2) is 49.9 Å². The summed E-state index contributed by atoms with van der Waals surface area (Å²) in [7, 11) is -4.24. The average molecular weight is 711 g/mol. The van der Waals surface area contributed by atoms with Crippen molar-refractivity contribution in [2.24, 2.45) is 0 Å². The molecule has 11 heteroatoms. The Labute approximate surface area is 293 Å². The second-order valence-corrected chi connectivity index (χ2v) is 15.1. The number of hydrogen-bond acceptors (Lipinski definition) is 5. The van der Waals surface area contributed by atoms with E-state index in [1.807, 2.05) is 65.0 Å². The third-order valence-electron chi connectivity index (χ3n) is 7.43. The standard InChI is InChI=1S/C37H41Cl2N3O5S/c1-6-47-30-17-15-29(16-18-30)42(48(45,46)31-19-12-26(2)13-20-31)25-35(43)41(24-28-14-21-32(38)33(39)22-28)34(36(44)40-37(3,4)5)23-27-10-8-7-9-11-27/h7-22,34H,6,23-25H2,1-5H3,(H,40,44)/t34-/m0/s1. The lowest BCUT2D eigenvalue weighted by molar-refractivity contribution is -0.140. The maximum absolute atomic E-state index is 14.6. The lowest BCUT2D eigenvalue weighted by atomic mass is 10.0. The van der Waals surface area contributed by atoms with Gasteiger partial charge in [-0.05, 0) is 94.3 Å². The number of nitrogens with zero attached hydrogens (tertiary/aromatic N) is 2. The highest BCUT2D eigenvalue weighted by atomic mass is 35.5. The average Bonchev–Trinajstić information content (AvgIpc) is 3.03. The van der Waals surface area contributed by atoms with Gasteiger partial charge in [-0.3, -0.25) is 13.9 Å². The van der Waals surface area contributed by atoms with E-state index in [4.69, 9.17) is 27.9 Å². The van der Waals surface area contributed by atoms with Gasteiger partial charge < -0.3 is 15.0 Å². The van der Waals surface area contributed by atoms with Crippen LogP contribution >= 0.6 is 23.2 Å². The molecule has 0 aliphatic carbocycles. The van der Waals surface area contributed by atoms with Gasteiger partial charge in [-0.15, -0.1) is 0 Å². The number of nitrogens with one attached hydrogen (secondary N) is 1. The van der Waals surface area contributed by atoms with Crippen molar-refractivity contribution >= 4 is 50.7 Å². The van der Waals surface area contributed by atoms with Crippen LogP contribution in [0, 0.1) is 6.92 Å². The first-order valence-electron chi connectivity index (χ1n) is 15.6. The minimum absolute atomic E-state index is 0.0251. The van der Waals surface area contributed by atoms with Crippen LogP contribution in [0.4, 0.5) is 5.69 Å². The highest BCUT2D eigenvalue weighted by molar-refractivity contribution is 7.92. The normalized spacial score (nSPS) is 12.2. The number of carbonyl (C=O) groups is 2. The van der Waals surface area contributed by atoms with Gasteiger partial charge in [0, 0.05) is 18.5 Å². The Balaban J connectivity index is 1.83. The number of benzene rings is 4. The number of aryl methyl sites for hydroxylation is 1. The second kappa shape index (κ2) is 15.9. The van der Waals surface area contributed by atoms with Gasteiger partial charge in [0.1, 0.15) is 18.3 Å². The van der Waals surface area contributed by atoms with Crippen LogP contribution in [0.1, 0.15) is 44.4 Å². The third kappa shape index (κ3) is 9.75. The molecule has 0 spiro atoms. The van der Waals surface area contributed by atoms with E-state index >= 15 is 0 Å². The molecule has 1 N–H and O–H groups in total. The van der Waals surface area contributed by atoms with E-state index in [9.17, 15) is 18.0 Å². The van der Waals surface area contributed by atoms with Gasteiger partial charge in [0.15, 0.2) is 0 Å². The van der Waals surface area contributed by atoms with Crippen LogP contribution < -0.4 is 14.4 Å². The predicted molar refractivity (Wildman–Crippen MR) is 192 cm³/mol. The lowest BCUT2D eigenvalue weighted by Crippen LogP contribution is -2.56. The number of ether oxygens (including phenoxy) is 1. The third-order valence-corrected chi connectivity index (χ3v) is 9.96. The molecular formula is C37H41Cl2N3O5S. The molecule has 0 unspecified atom stereocenters. The van der Waals surface area contributed by atoms with Crippen LogP contribution in [0.25, 0.3) is 0 Å². The van der Waals surface area contributed by atoms with Crippen molar-refractivity contribution in [1.29, 1.82) is 0 Å². The molecule has 8 nitrogen and oxygen atoms in total. The van der Waals surface area contributed by atoms with E-state index < -0.39 is 34.1 Å². The zero-order valence-electron chi connectivity index (χ0n) is 27.7. The Morgan fingerprint density at radius 3 is 2.08 bits per heavy atom. The minimum Gasteiger partial charge on any atom is -0.494 e. The van der Waals surface area contributed by atoms with Crippen molar-refractivity contribution in [2.45, 2.75) is 64.1 Å². The quantitative estimate of drug-likeness (QED) is 0.156. The van der Waals surface area contributed by atoms with Gasteiger partial charge in [-0.2, -0.15) is 0 Å². The summed E-state index contributed by atoms with van der Waals surface area (Å²) in [4.78, 5) is 30.1. The summed E-state index contributed by atoms with van der Waals surface area (Å²) in [6.07, 6.45) is 0.184. The molecule has 1 atom stereocenters. The summed E-state index contributed by atoms with van der Waals surface area (Å²) >= 11 is 12.6. The fraction of sp³-hybridized carbons (Fsp3) is 0.297. The molecule has 4 aromatic rings. The van der Waals surface area contributed by atoms with E-state index in [1.165, 1.54) is 17.0 Å². The number of hydrogen-bond donors (Lipinski definition) is 1. The molecule has 4 rings (SSSR count). The highest BCUT2D eigenvalue weighted by Gasteiger charge is 2.35. The van der Waals surface area contributed by atoms with Gasteiger partial charge in [-0.25, -0.2) is 8.42 Å². The lowest BCUT2D eigenvalue weighted by Gasteiger charge is -2.35. The summed E-state index contributed by atoms with van der Waals surface area (Å²) in [6.45, 7) is 9.11. The Hall–Kier alpha value is -4.05. The molecule has 4 aromatic carbocycles. The Kier molecular flexibility index (Phi) is 12.2. The molecule has 0 aliphatic rings. The van der Waals surface area contributed by atoms with E-state index in [-0.39, 0.29) is 29.5 Å². The second-order valence-electron chi connectivity index (χ2n) is 12.5. The number of carbonyl (C=O) groups excluding carboxylic acids is 2. The van der Waals surface area contributed by atoms with E-state index in [0.717, 1.165) is 15.4 Å². The van der Waals surface area contributed by atoms with Crippen LogP contribution in [0.5, 0.6) is 5.75 Å². The van der Waals surface area contributed by atoms with Crippen LogP contribution in [0.3, 0.4) is 0 Å². The number of anilines is 1. The zero-order chi connectivity index (χ0) is 35.1. The SMILES string of the molecule is CCOc1ccc(N(CC(=O)N(Cc2ccc(Cl)c(Cl)c2)[C@@H](Cc2ccccc2)C(=O)NC(C)(C)C)S(=O)(=O)c2ccc(C)cc2)cc1. The summed E-state index contributed by atoms with van der Waals surface area (Å²) in [5.41, 5.74) is 2.00. The van der Waals surface area contributed by atoms with E-state index in [2.05, 4.69) is 5.32 Å². The van der Waals surface area contributed by atoms with Gasteiger partial charge >= 0.3 is 0 Å². The molecule has 0 bridgehead atoms. The monoisotopic (exact) mass is 709 g/mol. The maximum Gasteiger partial charge on any atom is 0.264 e. The summed E-state index contributed by atoms with van der Waals surface area (Å²) < 4.78 is 35.1. The van der Waals surface area contributed by atoms with E-state index in [1.54, 1.807) is 54.6 Å². The van der Waals surface area contributed by atoms with Crippen LogP contribution in [0.2, 0.25) is 10.0 Å². The van der Waals surface area contributed by atoms with Crippen molar-refractivity contribution in [1.82, 2.24) is 10.2 Å². The number of rotatable bonds is 13. The topological polar surface area (TPSA) is 96.0 Å². The highest BCUT2D eigenvalue weighted by Crippen LogP contribution is 2.28. The fourth-order valence-electron chi connectivity index (χ4n) is 5.08. The predicted octanol–water partition coefficient (Wildman–Crippen LogP) is 7.45. The summed E-state index contributed by atoms with van der Waals surface area (Å²) in [5.74, 6) is -0.410. The largest absolute Gasteiger partial charge is 0.494 e. The molecule has 0 fully saturated rings. The maximum atomic E-state index is 14.6. The molecule has 0 radical (unpaired) electrons. The Bertz CT molecular complexity index is 1810. The van der Waals surface area contributed by atoms with Crippen molar-refractivity contribution in [2.75, 3.05) is 17.5 Å². The summed E-state index contributed by atoms with van der Waals surface area (Å²) in [6, 6.07) is 26.3. The smallest absolute Gasteiger partial charge is 0.264 e. The van der Waals surface area contributed by atoms with Gasteiger partial charge in [0.05, 0.1) is 27.2 Å².